The van der Waals surface area contributed by atoms with Gasteiger partial charge in [0.25, 0.3) is 0 Å². The zero-order valence-corrected chi connectivity index (χ0v) is 10.6. The van der Waals surface area contributed by atoms with Crippen molar-refractivity contribution < 1.29 is 0 Å². The third kappa shape index (κ3) is 2.29. The van der Waals surface area contributed by atoms with Crippen LogP contribution in [0.2, 0.25) is 0 Å². The van der Waals surface area contributed by atoms with Crippen molar-refractivity contribution >= 4 is 0 Å². The number of H-pyrrole nitrogens is 1. The number of aromatic nitrogens is 3. The molecule has 0 bridgehead atoms. The van der Waals surface area contributed by atoms with Gasteiger partial charge in [0.2, 0.25) is 0 Å². The third-order valence-corrected chi connectivity index (χ3v) is 3.50. The maximum absolute atomic E-state index is 4.48. The van der Waals surface area contributed by atoms with Crippen LogP contribution in [0, 0.1) is 6.92 Å². The van der Waals surface area contributed by atoms with Gasteiger partial charge in [0.1, 0.15) is 5.82 Å². The molecule has 0 amide bonds. The van der Waals surface area contributed by atoms with Crippen molar-refractivity contribution in [2.75, 3.05) is 6.54 Å². The molecule has 1 saturated heterocycles. The van der Waals surface area contributed by atoms with Gasteiger partial charge in [-0.3, -0.25) is 10.00 Å². The Morgan fingerprint density at radius 1 is 1.33 bits per heavy atom. The number of aromatic amines is 1. The molecule has 0 radical (unpaired) electrons. The number of hydrogen-bond donors (Lipinski definition) is 1. The molecule has 2 heterocycles. The first-order chi connectivity index (χ1) is 8.83. The summed E-state index contributed by atoms with van der Waals surface area (Å²) in [4.78, 5) is 6.95. The van der Waals surface area contributed by atoms with E-state index in [1.54, 1.807) is 0 Å². The first-order valence-corrected chi connectivity index (χ1v) is 6.50. The number of rotatable bonds is 3. The van der Waals surface area contributed by atoms with Gasteiger partial charge in [-0.05, 0) is 31.9 Å². The summed E-state index contributed by atoms with van der Waals surface area (Å²) in [7, 11) is 0. The predicted molar refractivity (Wildman–Crippen MR) is 69.9 cm³/mol. The summed E-state index contributed by atoms with van der Waals surface area (Å²) >= 11 is 0. The Hall–Kier alpha value is -1.68. The number of aryl methyl sites for hydroxylation is 1. The second kappa shape index (κ2) is 4.90. The minimum Gasteiger partial charge on any atom is -0.289 e. The Kier molecular flexibility index (Phi) is 3.11. The van der Waals surface area contributed by atoms with Crippen molar-refractivity contribution in [3.05, 3.63) is 47.5 Å². The third-order valence-electron chi connectivity index (χ3n) is 3.50. The van der Waals surface area contributed by atoms with Gasteiger partial charge < -0.3 is 0 Å². The Labute approximate surface area is 107 Å². The van der Waals surface area contributed by atoms with Crippen LogP contribution >= 0.6 is 0 Å². The first kappa shape index (κ1) is 11.4. The standard InChI is InChI=1S/C14H18N4/c1-11-15-14(17-16-11)13-8-5-9-18(13)10-12-6-3-2-4-7-12/h2-4,6-7,13H,5,8-10H2,1H3,(H,15,16,17)/t13-/m0/s1. The van der Waals surface area contributed by atoms with Crippen molar-refractivity contribution in [2.24, 2.45) is 0 Å². The largest absolute Gasteiger partial charge is 0.289 e. The van der Waals surface area contributed by atoms with E-state index >= 15 is 0 Å². The van der Waals surface area contributed by atoms with Crippen molar-refractivity contribution in [3.63, 3.8) is 0 Å². The highest BCUT2D eigenvalue weighted by molar-refractivity contribution is 5.15. The molecule has 1 N–H and O–H groups in total. The van der Waals surface area contributed by atoms with Crippen molar-refractivity contribution in [2.45, 2.75) is 32.4 Å². The molecule has 3 rings (SSSR count). The Balaban J connectivity index is 1.75. The van der Waals surface area contributed by atoms with Crippen LogP contribution in [0.5, 0.6) is 0 Å². The molecule has 1 aromatic heterocycles. The molecule has 0 spiro atoms. The van der Waals surface area contributed by atoms with Gasteiger partial charge in [-0.25, -0.2) is 4.98 Å². The molecule has 4 heteroatoms. The molecule has 2 aromatic rings. The number of benzene rings is 1. The molecule has 0 aliphatic carbocycles. The van der Waals surface area contributed by atoms with E-state index in [0.29, 0.717) is 6.04 Å². The zero-order chi connectivity index (χ0) is 12.4. The Morgan fingerprint density at radius 2 is 2.17 bits per heavy atom. The summed E-state index contributed by atoms with van der Waals surface area (Å²) in [6.45, 7) is 4.07. The Bertz CT molecular complexity index is 506. The van der Waals surface area contributed by atoms with Crippen molar-refractivity contribution in [3.8, 4) is 0 Å². The van der Waals surface area contributed by atoms with E-state index in [0.717, 1.165) is 31.2 Å². The van der Waals surface area contributed by atoms with E-state index < -0.39 is 0 Å². The molecule has 18 heavy (non-hydrogen) atoms. The summed E-state index contributed by atoms with van der Waals surface area (Å²) in [5.74, 6) is 1.84. The van der Waals surface area contributed by atoms with Crippen LogP contribution in [-0.4, -0.2) is 26.6 Å². The first-order valence-electron chi connectivity index (χ1n) is 6.50. The van der Waals surface area contributed by atoms with Gasteiger partial charge in [0, 0.05) is 6.54 Å². The highest BCUT2D eigenvalue weighted by Crippen LogP contribution is 2.30. The van der Waals surface area contributed by atoms with E-state index in [1.165, 1.54) is 12.0 Å². The van der Waals surface area contributed by atoms with Gasteiger partial charge in [-0.2, -0.15) is 5.10 Å². The predicted octanol–water partition coefficient (Wildman–Crippen LogP) is 2.45. The number of nitrogens with one attached hydrogen (secondary N) is 1. The molecule has 4 nitrogen and oxygen atoms in total. The summed E-state index contributed by atoms with van der Waals surface area (Å²) < 4.78 is 0. The fourth-order valence-corrected chi connectivity index (χ4v) is 2.63. The normalized spacial score (nSPS) is 20.4. The van der Waals surface area contributed by atoms with Crippen molar-refractivity contribution in [1.82, 2.24) is 20.1 Å². The average Bonchev–Trinajstić information content (AvgIpc) is 2.99. The number of hydrogen-bond acceptors (Lipinski definition) is 3. The van der Waals surface area contributed by atoms with Gasteiger partial charge >= 0.3 is 0 Å². The molecule has 94 valence electrons. The maximum Gasteiger partial charge on any atom is 0.167 e. The number of likely N-dealkylation sites (tertiary alicyclic amines) is 1. The lowest BCUT2D eigenvalue weighted by Crippen LogP contribution is -2.23. The number of nitrogens with zero attached hydrogens (tertiary/aromatic N) is 3. The van der Waals surface area contributed by atoms with Crippen LogP contribution in [0.1, 0.15) is 36.1 Å². The minimum absolute atomic E-state index is 0.371. The van der Waals surface area contributed by atoms with Crippen LogP contribution in [0.25, 0.3) is 0 Å². The lowest BCUT2D eigenvalue weighted by molar-refractivity contribution is 0.240. The van der Waals surface area contributed by atoms with Gasteiger partial charge in [0.15, 0.2) is 5.82 Å². The molecule has 1 fully saturated rings. The SMILES string of the molecule is Cc1nc([C@@H]2CCCN2Cc2ccccc2)n[nH]1. The van der Waals surface area contributed by atoms with E-state index in [9.17, 15) is 0 Å². The van der Waals surface area contributed by atoms with Gasteiger partial charge in [-0.1, -0.05) is 30.3 Å². The van der Waals surface area contributed by atoms with E-state index in [1.807, 2.05) is 6.92 Å². The van der Waals surface area contributed by atoms with E-state index in [4.69, 9.17) is 0 Å². The van der Waals surface area contributed by atoms with Crippen LogP contribution in [0.3, 0.4) is 0 Å². The molecule has 1 aromatic carbocycles. The summed E-state index contributed by atoms with van der Waals surface area (Å²) in [5, 5.41) is 7.25. The van der Waals surface area contributed by atoms with E-state index in [2.05, 4.69) is 50.4 Å². The fraction of sp³-hybridized carbons (Fsp3) is 0.429. The summed E-state index contributed by atoms with van der Waals surface area (Å²) in [5.41, 5.74) is 1.36. The lowest BCUT2D eigenvalue weighted by atomic mass is 10.2. The minimum atomic E-state index is 0.371. The molecule has 0 saturated carbocycles. The second-order valence-corrected chi connectivity index (χ2v) is 4.89. The highest BCUT2D eigenvalue weighted by Gasteiger charge is 2.28. The van der Waals surface area contributed by atoms with Gasteiger partial charge in [-0.15, -0.1) is 0 Å². The lowest BCUT2D eigenvalue weighted by Gasteiger charge is -2.22. The molecule has 1 aliphatic rings. The van der Waals surface area contributed by atoms with Crippen LogP contribution < -0.4 is 0 Å². The zero-order valence-electron chi connectivity index (χ0n) is 10.6. The highest BCUT2D eigenvalue weighted by atomic mass is 15.3. The summed E-state index contributed by atoms with van der Waals surface area (Å²) in [6, 6.07) is 11.0. The van der Waals surface area contributed by atoms with Crippen molar-refractivity contribution in [1.29, 1.82) is 0 Å². The van der Waals surface area contributed by atoms with E-state index in [-0.39, 0.29) is 0 Å². The monoisotopic (exact) mass is 242 g/mol. The topological polar surface area (TPSA) is 44.8 Å². The Morgan fingerprint density at radius 3 is 2.89 bits per heavy atom. The molecular formula is C14H18N4. The maximum atomic E-state index is 4.48. The fourth-order valence-electron chi connectivity index (χ4n) is 2.63. The molecular weight excluding hydrogens is 224 g/mol. The van der Waals surface area contributed by atoms with Crippen LogP contribution in [0.15, 0.2) is 30.3 Å². The molecule has 1 atom stereocenters. The second-order valence-electron chi connectivity index (χ2n) is 4.89. The smallest absolute Gasteiger partial charge is 0.167 e. The van der Waals surface area contributed by atoms with Gasteiger partial charge in [0.05, 0.1) is 6.04 Å². The van der Waals surface area contributed by atoms with Crippen LogP contribution in [-0.2, 0) is 6.54 Å². The quantitative estimate of drug-likeness (QED) is 0.899. The summed E-state index contributed by atoms with van der Waals surface area (Å²) in [6.07, 6.45) is 2.38. The molecule has 0 unspecified atom stereocenters. The van der Waals surface area contributed by atoms with Crippen LogP contribution in [0.4, 0.5) is 0 Å². The average molecular weight is 242 g/mol. The molecule has 1 aliphatic heterocycles.